The number of aryl methyl sites for hydroxylation is 1. The highest BCUT2D eigenvalue weighted by molar-refractivity contribution is 7.11. The summed E-state index contributed by atoms with van der Waals surface area (Å²) in [6.45, 7) is 10.8. The summed E-state index contributed by atoms with van der Waals surface area (Å²) in [4.78, 5) is 7.92. The number of nitrogens with zero attached hydrogens (tertiary/aromatic N) is 2. The van der Waals surface area contributed by atoms with E-state index in [0.29, 0.717) is 6.04 Å². The number of morpholine rings is 1. The minimum atomic E-state index is -0.443. The van der Waals surface area contributed by atoms with Crippen molar-refractivity contribution in [3.63, 3.8) is 0 Å². The number of aromatic nitrogens is 1. The standard InChI is InChI=1S/C13H22N2O2S/c1-8(2)15-5-6-17-11(7-15)13-14-9(3)12(18-13)10(4)16/h8,10-11,16H,5-7H2,1-4H3. The zero-order chi connectivity index (χ0) is 13.3. The molecule has 2 heterocycles. The van der Waals surface area contributed by atoms with Gasteiger partial charge in [-0.2, -0.15) is 0 Å². The minimum Gasteiger partial charge on any atom is -0.388 e. The molecule has 1 fully saturated rings. The number of aliphatic hydroxyl groups excluding tert-OH is 1. The largest absolute Gasteiger partial charge is 0.388 e. The van der Waals surface area contributed by atoms with Gasteiger partial charge in [0.05, 0.1) is 23.3 Å². The van der Waals surface area contributed by atoms with E-state index in [4.69, 9.17) is 4.74 Å². The minimum absolute atomic E-state index is 0.0531. The van der Waals surface area contributed by atoms with Crippen molar-refractivity contribution in [2.75, 3.05) is 19.7 Å². The molecule has 1 aliphatic rings. The molecule has 1 N–H and O–H groups in total. The van der Waals surface area contributed by atoms with E-state index in [1.165, 1.54) is 0 Å². The highest BCUT2D eigenvalue weighted by atomic mass is 32.1. The summed E-state index contributed by atoms with van der Waals surface area (Å²) in [5.74, 6) is 0. The fraction of sp³-hybridized carbons (Fsp3) is 0.769. The van der Waals surface area contributed by atoms with Gasteiger partial charge in [-0.1, -0.05) is 0 Å². The van der Waals surface area contributed by atoms with E-state index >= 15 is 0 Å². The summed E-state index contributed by atoms with van der Waals surface area (Å²) in [6.07, 6.45) is -0.390. The SMILES string of the molecule is Cc1nc(C2CN(C(C)C)CCO2)sc1C(C)O. The van der Waals surface area contributed by atoms with Crippen LogP contribution in [0, 0.1) is 6.92 Å². The second kappa shape index (κ2) is 5.65. The van der Waals surface area contributed by atoms with Gasteiger partial charge in [0.1, 0.15) is 11.1 Å². The van der Waals surface area contributed by atoms with Crippen LogP contribution in [0.1, 0.15) is 48.6 Å². The Morgan fingerprint density at radius 3 is 2.72 bits per heavy atom. The predicted molar refractivity (Wildman–Crippen MR) is 72.9 cm³/mol. The van der Waals surface area contributed by atoms with Crippen LogP contribution in [0.3, 0.4) is 0 Å². The van der Waals surface area contributed by atoms with Crippen molar-refractivity contribution in [2.24, 2.45) is 0 Å². The first-order chi connectivity index (χ1) is 8.49. The van der Waals surface area contributed by atoms with Crippen LogP contribution >= 0.6 is 11.3 Å². The Labute approximate surface area is 113 Å². The molecule has 0 aliphatic carbocycles. The summed E-state index contributed by atoms with van der Waals surface area (Å²) < 4.78 is 5.82. The van der Waals surface area contributed by atoms with Gasteiger partial charge in [0.2, 0.25) is 0 Å². The Morgan fingerprint density at radius 1 is 1.44 bits per heavy atom. The third-order valence-corrected chi connectivity index (χ3v) is 4.75. The molecule has 1 saturated heterocycles. The molecule has 102 valence electrons. The number of hydrogen-bond donors (Lipinski definition) is 1. The van der Waals surface area contributed by atoms with Crippen molar-refractivity contribution >= 4 is 11.3 Å². The molecule has 18 heavy (non-hydrogen) atoms. The monoisotopic (exact) mass is 270 g/mol. The highest BCUT2D eigenvalue weighted by Gasteiger charge is 2.27. The Hall–Kier alpha value is -0.490. The maximum atomic E-state index is 9.68. The molecule has 2 unspecified atom stereocenters. The average molecular weight is 270 g/mol. The van der Waals surface area contributed by atoms with Gasteiger partial charge in [-0.15, -0.1) is 11.3 Å². The van der Waals surface area contributed by atoms with Gasteiger partial charge in [0.15, 0.2) is 0 Å². The predicted octanol–water partition coefficient (Wildman–Crippen LogP) is 2.29. The van der Waals surface area contributed by atoms with Gasteiger partial charge < -0.3 is 9.84 Å². The summed E-state index contributed by atoms with van der Waals surface area (Å²) >= 11 is 1.58. The topological polar surface area (TPSA) is 45.6 Å². The second-order valence-corrected chi connectivity index (χ2v) is 6.19. The number of ether oxygens (including phenoxy) is 1. The molecule has 5 heteroatoms. The van der Waals surface area contributed by atoms with E-state index in [9.17, 15) is 5.11 Å². The van der Waals surface area contributed by atoms with Crippen molar-refractivity contribution in [2.45, 2.75) is 45.9 Å². The van der Waals surface area contributed by atoms with Crippen LogP contribution in [0.25, 0.3) is 0 Å². The van der Waals surface area contributed by atoms with Crippen LogP contribution in [0.5, 0.6) is 0 Å². The lowest BCUT2D eigenvalue weighted by Gasteiger charge is -2.34. The Balaban J connectivity index is 2.13. The van der Waals surface area contributed by atoms with Crippen LogP contribution in [0.2, 0.25) is 0 Å². The van der Waals surface area contributed by atoms with Gasteiger partial charge in [0.25, 0.3) is 0 Å². The molecule has 0 spiro atoms. The Bertz CT molecular complexity index is 404. The van der Waals surface area contributed by atoms with E-state index in [1.54, 1.807) is 18.3 Å². The van der Waals surface area contributed by atoms with Gasteiger partial charge >= 0.3 is 0 Å². The molecular weight excluding hydrogens is 248 g/mol. The molecule has 1 aromatic rings. The smallest absolute Gasteiger partial charge is 0.123 e. The molecular formula is C13H22N2O2S. The Kier molecular flexibility index (Phi) is 4.37. The molecule has 1 aliphatic heterocycles. The number of hydrogen-bond acceptors (Lipinski definition) is 5. The maximum Gasteiger partial charge on any atom is 0.123 e. The molecule has 2 atom stereocenters. The first-order valence-corrected chi connectivity index (χ1v) is 7.31. The van der Waals surface area contributed by atoms with Crippen LogP contribution in [0.4, 0.5) is 0 Å². The zero-order valence-electron chi connectivity index (χ0n) is 11.5. The summed E-state index contributed by atoms with van der Waals surface area (Å²) in [5, 5.41) is 10.7. The third-order valence-electron chi connectivity index (χ3n) is 3.33. The maximum absolute atomic E-state index is 9.68. The highest BCUT2D eigenvalue weighted by Crippen LogP contribution is 2.32. The van der Waals surface area contributed by atoms with Crippen molar-refractivity contribution in [3.05, 3.63) is 15.6 Å². The fourth-order valence-corrected chi connectivity index (χ4v) is 3.29. The van der Waals surface area contributed by atoms with Crippen LogP contribution in [-0.4, -0.2) is 40.7 Å². The summed E-state index contributed by atoms with van der Waals surface area (Å²) in [6, 6.07) is 0.536. The Morgan fingerprint density at radius 2 is 2.17 bits per heavy atom. The molecule has 0 radical (unpaired) electrons. The van der Waals surface area contributed by atoms with Crippen molar-refractivity contribution in [1.29, 1.82) is 0 Å². The van der Waals surface area contributed by atoms with Crippen LogP contribution < -0.4 is 0 Å². The molecule has 0 amide bonds. The van der Waals surface area contributed by atoms with Crippen LogP contribution in [0.15, 0.2) is 0 Å². The van der Waals surface area contributed by atoms with Crippen molar-refractivity contribution < 1.29 is 9.84 Å². The first kappa shape index (κ1) is 13.9. The van der Waals surface area contributed by atoms with Crippen LogP contribution in [-0.2, 0) is 4.74 Å². The molecule has 0 aromatic carbocycles. The van der Waals surface area contributed by atoms with E-state index in [-0.39, 0.29) is 6.10 Å². The first-order valence-electron chi connectivity index (χ1n) is 6.50. The second-order valence-electron chi connectivity index (χ2n) is 5.13. The van der Waals surface area contributed by atoms with Gasteiger partial charge in [-0.25, -0.2) is 4.98 Å². The summed E-state index contributed by atoms with van der Waals surface area (Å²) in [7, 11) is 0. The average Bonchev–Trinajstić information content (AvgIpc) is 2.71. The van der Waals surface area contributed by atoms with Gasteiger partial charge in [-0.3, -0.25) is 4.90 Å². The number of thiazole rings is 1. The number of aliphatic hydroxyl groups is 1. The van der Waals surface area contributed by atoms with Gasteiger partial charge in [-0.05, 0) is 27.7 Å². The van der Waals surface area contributed by atoms with Crippen molar-refractivity contribution in [1.82, 2.24) is 9.88 Å². The molecule has 2 rings (SSSR count). The van der Waals surface area contributed by atoms with E-state index < -0.39 is 6.10 Å². The third kappa shape index (κ3) is 2.91. The fourth-order valence-electron chi connectivity index (χ4n) is 2.24. The summed E-state index contributed by atoms with van der Waals surface area (Å²) in [5.41, 5.74) is 0.926. The zero-order valence-corrected chi connectivity index (χ0v) is 12.3. The quantitative estimate of drug-likeness (QED) is 0.915. The van der Waals surface area contributed by atoms with E-state index in [2.05, 4.69) is 23.7 Å². The normalized spacial score (nSPS) is 23.6. The molecule has 0 saturated carbocycles. The lowest BCUT2D eigenvalue weighted by Crippen LogP contribution is -2.42. The van der Waals surface area contributed by atoms with Crippen molar-refractivity contribution in [3.8, 4) is 0 Å². The van der Waals surface area contributed by atoms with E-state index in [1.807, 2.05) is 6.92 Å². The van der Waals surface area contributed by atoms with Gasteiger partial charge in [0, 0.05) is 19.1 Å². The molecule has 0 bridgehead atoms. The lowest BCUT2D eigenvalue weighted by molar-refractivity contribution is -0.0403. The van der Waals surface area contributed by atoms with E-state index in [0.717, 1.165) is 35.3 Å². The lowest BCUT2D eigenvalue weighted by atomic mass is 10.2. The molecule has 4 nitrogen and oxygen atoms in total. The molecule has 1 aromatic heterocycles. The number of rotatable bonds is 3.